The Balaban J connectivity index is 1.96. The highest BCUT2D eigenvalue weighted by atomic mass is 19.4. The number of halogens is 3. The Labute approximate surface area is 156 Å². The molecule has 2 unspecified atom stereocenters. The molecule has 2 N–H and O–H groups in total. The van der Waals surface area contributed by atoms with Crippen LogP contribution in [0.1, 0.15) is 35.3 Å². The summed E-state index contributed by atoms with van der Waals surface area (Å²) in [7, 11) is 1.62. The molecule has 0 spiro atoms. The summed E-state index contributed by atoms with van der Waals surface area (Å²) in [5.41, 5.74) is 2.54. The summed E-state index contributed by atoms with van der Waals surface area (Å²) >= 11 is 0. The van der Waals surface area contributed by atoms with E-state index < -0.39 is 18.2 Å². The normalized spacial score (nSPS) is 13.8. The van der Waals surface area contributed by atoms with Gasteiger partial charge in [-0.1, -0.05) is 54.6 Å². The van der Waals surface area contributed by atoms with E-state index in [1.165, 1.54) is 0 Å². The zero-order chi connectivity index (χ0) is 19.9. The third-order valence-corrected chi connectivity index (χ3v) is 4.17. The maximum Gasteiger partial charge on any atom is 0.471 e. The molecular formula is C20H22F3NO3. The van der Waals surface area contributed by atoms with Gasteiger partial charge < -0.3 is 15.2 Å². The summed E-state index contributed by atoms with van der Waals surface area (Å²) in [5.74, 6) is -2.01. The molecule has 27 heavy (non-hydrogen) atoms. The molecule has 0 heterocycles. The summed E-state index contributed by atoms with van der Waals surface area (Å²) < 4.78 is 42.0. The van der Waals surface area contributed by atoms with Gasteiger partial charge in [0, 0.05) is 20.1 Å². The summed E-state index contributed by atoms with van der Waals surface area (Å²) in [6.45, 7) is -0.269. The minimum Gasteiger partial charge on any atom is -0.388 e. The Hall–Kier alpha value is -2.38. The SMILES string of the molecule is COC(Cc1cccc(C(O)CCNC(=O)C(F)(F)F)c1)c1ccccc1. The Morgan fingerprint density at radius 3 is 2.41 bits per heavy atom. The Morgan fingerprint density at radius 1 is 1.11 bits per heavy atom. The molecule has 2 aromatic carbocycles. The van der Waals surface area contributed by atoms with Gasteiger partial charge in [0.2, 0.25) is 0 Å². The number of hydrogen-bond acceptors (Lipinski definition) is 3. The van der Waals surface area contributed by atoms with Crippen molar-refractivity contribution in [3.05, 3.63) is 71.3 Å². The lowest BCUT2D eigenvalue weighted by molar-refractivity contribution is -0.173. The first kappa shape index (κ1) is 20.9. The maximum atomic E-state index is 12.2. The first-order valence-corrected chi connectivity index (χ1v) is 8.51. The highest BCUT2D eigenvalue weighted by Gasteiger charge is 2.38. The van der Waals surface area contributed by atoms with Crippen LogP contribution in [0.4, 0.5) is 13.2 Å². The Morgan fingerprint density at radius 2 is 1.78 bits per heavy atom. The van der Waals surface area contributed by atoms with Crippen molar-refractivity contribution in [1.82, 2.24) is 5.32 Å². The standard InChI is InChI=1S/C20H22F3NO3/c1-27-18(15-7-3-2-4-8-15)13-14-6-5-9-16(12-14)17(25)10-11-24-19(26)20(21,22)23/h2-9,12,17-18,25H,10-11,13H2,1H3,(H,24,26). The molecule has 0 bridgehead atoms. The second-order valence-corrected chi connectivity index (χ2v) is 6.14. The minimum absolute atomic E-state index is 0.0162. The largest absolute Gasteiger partial charge is 0.471 e. The number of rotatable bonds is 8. The average molecular weight is 381 g/mol. The summed E-state index contributed by atoms with van der Waals surface area (Å²) in [5, 5.41) is 12.0. The molecule has 146 valence electrons. The van der Waals surface area contributed by atoms with Gasteiger partial charge in [0.15, 0.2) is 0 Å². The van der Waals surface area contributed by atoms with Gasteiger partial charge in [-0.2, -0.15) is 13.2 Å². The minimum atomic E-state index is -4.92. The van der Waals surface area contributed by atoms with Crippen LogP contribution in [0.15, 0.2) is 54.6 Å². The van der Waals surface area contributed by atoms with Crippen LogP contribution in [-0.2, 0) is 16.0 Å². The predicted octanol–water partition coefficient (Wildman–Crippen LogP) is 3.72. The number of amides is 1. The van der Waals surface area contributed by atoms with Crippen molar-refractivity contribution in [2.45, 2.75) is 31.2 Å². The number of methoxy groups -OCH3 is 1. The van der Waals surface area contributed by atoms with Crippen LogP contribution in [0, 0.1) is 0 Å². The van der Waals surface area contributed by atoms with E-state index in [2.05, 4.69) is 0 Å². The number of nitrogens with one attached hydrogen (secondary N) is 1. The van der Waals surface area contributed by atoms with Gasteiger partial charge in [0.05, 0.1) is 12.2 Å². The first-order valence-electron chi connectivity index (χ1n) is 8.51. The highest BCUT2D eigenvalue weighted by Crippen LogP contribution is 2.24. The lowest BCUT2D eigenvalue weighted by atomic mass is 9.97. The van der Waals surface area contributed by atoms with Crippen LogP contribution in [0.25, 0.3) is 0 Å². The molecule has 2 rings (SSSR count). The van der Waals surface area contributed by atoms with Crippen molar-refractivity contribution in [3.63, 3.8) is 0 Å². The molecule has 0 radical (unpaired) electrons. The number of benzene rings is 2. The first-order chi connectivity index (χ1) is 12.8. The molecule has 0 fully saturated rings. The maximum absolute atomic E-state index is 12.2. The van der Waals surface area contributed by atoms with Crippen LogP contribution in [0.2, 0.25) is 0 Å². The number of carbonyl (C=O) groups is 1. The summed E-state index contributed by atoms with van der Waals surface area (Å²) in [4.78, 5) is 10.8. The van der Waals surface area contributed by atoms with Crippen molar-refractivity contribution in [1.29, 1.82) is 0 Å². The fraction of sp³-hybridized carbons (Fsp3) is 0.350. The fourth-order valence-electron chi connectivity index (χ4n) is 2.74. The van der Waals surface area contributed by atoms with E-state index in [9.17, 15) is 23.1 Å². The molecule has 0 aromatic heterocycles. The molecule has 4 nitrogen and oxygen atoms in total. The lowest BCUT2D eigenvalue weighted by Crippen LogP contribution is -2.37. The van der Waals surface area contributed by atoms with Gasteiger partial charge in [-0.05, 0) is 23.1 Å². The van der Waals surface area contributed by atoms with E-state index >= 15 is 0 Å². The zero-order valence-electron chi connectivity index (χ0n) is 14.9. The Kier molecular flexibility index (Phi) is 7.38. The topological polar surface area (TPSA) is 58.6 Å². The van der Waals surface area contributed by atoms with Crippen LogP contribution < -0.4 is 5.32 Å². The molecule has 2 atom stereocenters. The molecular weight excluding hydrogens is 359 g/mol. The molecule has 0 aliphatic heterocycles. The smallest absolute Gasteiger partial charge is 0.388 e. The second kappa shape index (κ2) is 9.53. The van der Waals surface area contributed by atoms with E-state index in [0.29, 0.717) is 12.0 Å². The van der Waals surface area contributed by atoms with Crippen LogP contribution in [0.5, 0.6) is 0 Å². The molecule has 0 aliphatic rings. The van der Waals surface area contributed by atoms with E-state index in [0.717, 1.165) is 11.1 Å². The number of ether oxygens (including phenoxy) is 1. The summed E-state index contributed by atoms with van der Waals surface area (Å²) in [6, 6.07) is 16.9. The van der Waals surface area contributed by atoms with Crippen LogP contribution in [0.3, 0.4) is 0 Å². The van der Waals surface area contributed by atoms with E-state index in [1.807, 2.05) is 36.4 Å². The summed E-state index contributed by atoms with van der Waals surface area (Å²) in [6.07, 6.45) is -5.47. The molecule has 7 heteroatoms. The van der Waals surface area contributed by atoms with Crippen molar-refractivity contribution < 1.29 is 27.8 Å². The van der Waals surface area contributed by atoms with E-state index in [1.54, 1.807) is 30.6 Å². The average Bonchev–Trinajstić information content (AvgIpc) is 2.66. The molecule has 2 aromatic rings. The second-order valence-electron chi connectivity index (χ2n) is 6.14. The quantitative estimate of drug-likeness (QED) is 0.733. The van der Waals surface area contributed by atoms with E-state index in [4.69, 9.17) is 4.74 Å². The number of aliphatic hydroxyl groups excluding tert-OH is 1. The van der Waals surface area contributed by atoms with Crippen molar-refractivity contribution in [2.24, 2.45) is 0 Å². The van der Waals surface area contributed by atoms with Crippen LogP contribution >= 0.6 is 0 Å². The van der Waals surface area contributed by atoms with E-state index in [-0.39, 0.29) is 19.1 Å². The molecule has 0 aliphatic carbocycles. The molecule has 0 saturated heterocycles. The lowest BCUT2D eigenvalue weighted by Gasteiger charge is -2.17. The number of carbonyl (C=O) groups excluding carboxylic acids is 1. The third-order valence-electron chi connectivity index (χ3n) is 4.17. The van der Waals surface area contributed by atoms with Gasteiger partial charge in [-0.25, -0.2) is 0 Å². The molecule has 1 amide bonds. The highest BCUT2D eigenvalue weighted by molar-refractivity contribution is 5.81. The number of hydrogen-bond donors (Lipinski definition) is 2. The van der Waals surface area contributed by atoms with Gasteiger partial charge in [-0.3, -0.25) is 4.79 Å². The zero-order valence-corrected chi connectivity index (χ0v) is 14.9. The van der Waals surface area contributed by atoms with Crippen LogP contribution in [-0.4, -0.2) is 30.8 Å². The number of alkyl halides is 3. The van der Waals surface area contributed by atoms with Gasteiger partial charge in [-0.15, -0.1) is 0 Å². The van der Waals surface area contributed by atoms with Crippen molar-refractivity contribution in [2.75, 3.05) is 13.7 Å². The van der Waals surface area contributed by atoms with Gasteiger partial charge in [0.25, 0.3) is 0 Å². The molecule has 0 saturated carbocycles. The monoisotopic (exact) mass is 381 g/mol. The van der Waals surface area contributed by atoms with Crippen molar-refractivity contribution >= 4 is 5.91 Å². The fourth-order valence-corrected chi connectivity index (χ4v) is 2.74. The number of aliphatic hydroxyl groups is 1. The predicted molar refractivity (Wildman–Crippen MR) is 95.0 cm³/mol. The third kappa shape index (κ3) is 6.37. The van der Waals surface area contributed by atoms with Crippen molar-refractivity contribution in [3.8, 4) is 0 Å². The Bertz CT molecular complexity index is 735. The van der Waals surface area contributed by atoms with Gasteiger partial charge >= 0.3 is 12.1 Å². The van der Waals surface area contributed by atoms with Gasteiger partial charge in [0.1, 0.15) is 0 Å².